The van der Waals surface area contributed by atoms with Crippen LogP contribution in [-0.2, 0) is 5.41 Å². The fourth-order valence-corrected chi connectivity index (χ4v) is 3.09. The maximum Gasteiger partial charge on any atom is 0.400 e. The number of hydrogen-bond donors (Lipinski definition) is 0. The molecule has 1 atom stereocenters. The van der Waals surface area contributed by atoms with Gasteiger partial charge in [0.1, 0.15) is 10.4 Å². The van der Waals surface area contributed by atoms with E-state index in [-0.39, 0.29) is 18.5 Å². The smallest absolute Gasteiger partial charge is 0.285 e. The molecule has 1 aromatic heterocycles. The van der Waals surface area contributed by atoms with Crippen molar-refractivity contribution in [3.05, 3.63) is 52.5 Å². The minimum atomic E-state index is -4.34. The number of aromatic nitrogens is 1. The van der Waals surface area contributed by atoms with Gasteiger partial charge in [-0.1, -0.05) is 30.3 Å². The molecule has 2 aromatic rings. The van der Waals surface area contributed by atoms with E-state index in [9.17, 15) is 13.2 Å². The molecular formula is C14H11F3N2S. The van der Waals surface area contributed by atoms with E-state index in [0.29, 0.717) is 10.7 Å². The third kappa shape index (κ3) is 2.04. The summed E-state index contributed by atoms with van der Waals surface area (Å²) in [6.07, 6.45) is -2.90. The first-order valence-electron chi connectivity index (χ1n) is 6.08. The van der Waals surface area contributed by atoms with E-state index in [1.807, 2.05) is 0 Å². The molecule has 104 valence electrons. The fraction of sp³-hybridized carbons (Fsp3) is 0.286. The van der Waals surface area contributed by atoms with Crippen LogP contribution in [0, 0.1) is 0 Å². The Balaban J connectivity index is 2.00. The second-order valence-electron chi connectivity index (χ2n) is 4.72. The summed E-state index contributed by atoms with van der Waals surface area (Å²) in [6, 6.07) is 8.02. The third-order valence-corrected chi connectivity index (χ3v) is 4.38. The van der Waals surface area contributed by atoms with Gasteiger partial charge in [-0.15, -0.1) is 11.3 Å². The van der Waals surface area contributed by atoms with Crippen molar-refractivity contribution in [3.63, 3.8) is 0 Å². The Morgan fingerprint density at radius 1 is 1.15 bits per heavy atom. The van der Waals surface area contributed by atoms with Gasteiger partial charge in [0, 0.05) is 18.0 Å². The average Bonchev–Trinajstić information content (AvgIpc) is 3.09. The minimum Gasteiger partial charge on any atom is -0.285 e. The predicted octanol–water partition coefficient (Wildman–Crippen LogP) is 3.84. The van der Waals surface area contributed by atoms with E-state index in [2.05, 4.69) is 9.98 Å². The second kappa shape index (κ2) is 4.70. The summed E-state index contributed by atoms with van der Waals surface area (Å²) in [5.41, 5.74) is -1.21. The highest BCUT2D eigenvalue weighted by Crippen LogP contribution is 2.47. The van der Waals surface area contributed by atoms with Gasteiger partial charge in [-0.3, -0.25) is 4.99 Å². The predicted molar refractivity (Wildman–Crippen MR) is 72.3 cm³/mol. The van der Waals surface area contributed by atoms with Crippen LogP contribution in [0.3, 0.4) is 0 Å². The highest BCUT2D eigenvalue weighted by atomic mass is 32.1. The van der Waals surface area contributed by atoms with Crippen molar-refractivity contribution in [1.82, 2.24) is 4.98 Å². The van der Waals surface area contributed by atoms with Crippen LogP contribution in [0.5, 0.6) is 0 Å². The standard InChI is InChI=1S/C14H11F3N2S/c15-14(16,17)13(10-4-2-1-3-5-10)8-11(19-9-13)12-18-6-7-20-12/h1-7H,8-9H2/t13-/m1/s1. The van der Waals surface area contributed by atoms with Gasteiger partial charge in [-0.2, -0.15) is 13.2 Å². The Kier molecular flexibility index (Phi) is 3.12. The summed E-state index contributed by atoms with van der Waals surface area (Å²) < 4.78 is 40.9. The van der Waals surface area contributed by atoms with Crippen LogP contribution in [-0.4, -0.2) is 23.4 Å². The largest absolute Gasteiger partial charge is 0.400 e. The van der Waals surface area contributed by atoms with Crippen LogP contribution in [0.25, 0.3) is 0 Å². The van der Waals surface area contributed by atoms with Gasteiger partial charge in [0.25, 0.3) is 0 Å². The van der Waals surface area contributed by atoms with Crippen molar-refractivity contribution in [2.75, 3.05) is 6.54 Å². The molecule has 20 heavy (non-hydrogen) atoms. The fourth-order valence-electron chi connectivity index (χ4n) is 2.44. The quantitative estimate of drug-likeness (QED) is 0.826. The van der Waals surface area contributed by atoms with E-state index in [1.165, 1.54) is 23.5 Å². The van der Waals surface area contributed by atoms with Crippen LogP contribution in [0.4, 0.5) is 13.2 Å². The van der Waals surface area contributed by atoms with Crippen molar-refractivity contribution in [2.45, 2.75) is 18.0 Å². The van der Waals surface area contributed by atoms with E-state index in [1.54, 1.807) is 29.8 Å². The topological polar surface area (TPSA) is 25.2 Å². The van der Waals surface area contributed by atoms with Gasteiger partial charge in [0.2, 0.25) is 0 Å². The molecule has 1 aliphatic rings. The molecule has 3 rings (SSSR count). The first kappa shape index (κ1) is 13.3. The number of nitrogens with zero attached hydrogens (tertiary/aromatic N) is 2. The van der Waals surface area contributed by atoms with E-state index < -0.39 is 11.6 Å². The highest BCUT2D eigenvalue weighted by Gasteiger charge is 2.58. The number of aliphatic imine (C=N–C) groups is 1. The molecule has 0 saturated carbocycles. The minimum absolute atomic E-state index is 0.145. The van der Waals surface area contributed by atoms with E-state index in [4.69, 9.17) is 0 Å². The first-order valence-corrected chi connectivity index (χ1v) is 6.96. The molecule has 0 spiro atoms. The van der Waals surface area contributed by atoms with Gasteiger partial charge < -0.3 is 0 Å². The van der Waals surface area contributed by atoms with Crippen molar-refractivity contribution >= 4 is 17.0 Å². The number of thiazole rings is 1. The molecule has 0 saturated heterocycles. The molecule has 0 fully saturated rings. The molecule has 0 unspecified atom stereocenters. The summed E-state index contributed by atoms with van der Waals surface area (Å²) in [7, 11) is 0. The Morgan fingerprint density at radius 3 is 2.50 bits per heavy atom. The van der Waals surface area contributed by atoms with Crippen LogP contribution in [0.1, 0.15) is 17.0 Å². The lowest BCUT2D eigenvalue weighted by Gasteiger charge is -2.31. The van der Waals surface area contributed by atoms with Crippen LogP contribution < -0.4 is 0 Å². The summed E-state index contributed by atoms with van der Waals surface area (Å²) in [4.78, 5) is 8.18. The number of rotatable bonds is 2. The normalized spacial score (nSPS) is 22.9. The number of halogens is 3. The van der Waals surface area contributed by atoms with Gasteiger partial charge in [0.05, 0.1) is 12.3 Å². The zero-order valence-electron chi connectivity index (χ0n) is 10.4. The molecule has 6 heteroatoms. The summed E-state index contributed by atoms with van der Waals surface area (Å²) in [6.45, 7) is -0.268. The monoisotopic (exact) mass is 296 g/mol. The van der Waals surface area contributed by atoms with Crippen molar-refractivity contribution < 1.29 is 13.2 Å². The molecule has 0 radical (unpaired) electrons. The zero-order valence-corrected chi connectivity index (χ0v) is 11.2. The highest BCUT2D eigenvalue weighted by molar-refractivity contribution is 7.11. The third-order valence-electron chi connectivity index (χ3n) is 3.56. The lowest BCUT2D eigenvalue weighted by Crippen LogP contribution is -2.43. The Bertz CT molecular complexity index is 620. The lowest BCUT2D eigenvalue weighted by molar-refractivity contribution is -0.183. The molecule has 2 heterocycles. The molecule has 0 amide bonds. The number of hydrogen-bond acceptors (Lipinski definition) is 3. The molecule has 1 aromatic carbocycles. The zero-order chi connectivity index (χ0) is 14.2. The Hall–Kier alpha value is -1.69. The van der Waals surface area contributed by atoms with Crippen LogP contribution in [0.15, 0.2) is 46.9 Å². The second-order valence-corrected chi connectivity index (χ2v) is 5.62. The molecular weight excluding hydrogens is 285 g/mol. The first-order chi connectivity index (χ1) is 9.53. The summed E-state index contributed by atoms with van der Waals surface area (Å²) in [5.74, 6) is 0. The molecule has 0 N–H and O–H groups in total. The van der Waals surface area contributed by atoms with Gasteiger partial charge in [-0.25, -0.2) is 4.98 Å². The lowest BCUT2D eigenvalue weighted by atomic mass is 9.77. The van der Waals surface area contributed by atoms with Crippen molar-refractivity contribution in [3.8, 4) is 0 Å². The van der Waals surface area contributed by atoms with Gasteiger partial charge in [-0.05, 0) is 5.56 Å². The number of benzene rings is 1. The average molecular weight is 296 g/mol. The van der Waals surface area contributed by atoms with E-state index in [0.717, 1.165) is 0 Å². The Morgan fingerprint density at radius 2 is 1.90 bits per heavy atom. The maximum absolute atomic E-state index is 13.6. The van der Waals surface area contributed by atoms with E-state index >= 15 is 0 Å². The van der Waals surface area contributed by atoms with Crippen LogP contribution in [0.2, 0.25) is 0 Å². The molecule has 2 nitrogen and oxygen atoms in total. The van der Waals surface area contributed by atoms with Crippen molar-refractivity contribution in [1.29, 1.82) is 0 Å². The SMILES string of the molecule is FC(F)(F)[C@@]1(c2ccccc2)CN=C(c2nccs2)C1. The summed E-state index contributed by atoms with van der Waals surface area (Å²) >= 11 is 1.32. The van der Waals surface area contributed by atoms with Gasteiger partial charge in [0.15, 0.2) is 0 Å². The van der Waals surface area contributed by atoms with Crippen LogP contribution >= 0.6 is 11.3 Å². The van der Waals surface area contributed by atoms with Crippen molar-refractivity contribution in [2.24, 2.45) is 4.99 Å². The summed E-state index contributed by atoms with van der Waals surface area (Å²) in [5, 5.41) is 2.32. The Labute approximate surface area is 118 Å². The molecule has 1 aliphatic heterocycles. The molecule has 0 aliphatic carbocycles. The maximum atomic E-state index is 13.6. The van der Waals surface area contributed by atoms with Gasteiger partial charge >= 0.3 is 6.18 Å². The number of alkyl halides is 3. The molecule has 0 bridgehead atoms.